The van der Waals surface area contributed by atoms with Crippen LogP contribution in [0.4, 0.5) is 0 Å². The highest BCUT2D eigenvalue weighted by atomic mass is 32.1. The lowest BCUT2D eigenvalue weighted by atomic mass is 9.93. The van der Waals surface area contributed by atoms with Gasteiger partial charge in [-0.25, -0.2) is 0 Å². The van der Waals surface area contributed by atoms with Crippen molar-refractivity contribution in [2.24, 2.45) is 5.92 Å². The maximum atomic E-state index is 8.02. The molecule has 1 aromatic heterocycles. The summed E-state index contributed by atoms with van der Waals surface area (Å²) in [6.45, 7) is 9.92. The largest absolute Gasteiger partial charge is 0.321 e. The van der Waals surface area contributed by atoms with Crippen molar-refractivity contribution in [1.29, 1.82) is 5.41 Å². The number of nitrogens with one attached hydrogen (secondary N) is 1. The van der Waals surface area contributed by atoms with Gasteiger partial charge in [-0.2, -0.15) is 0 Å². The number of hydrogen-bond acceptors (Lipinski definition) is 2. The van der Waals surface area contributed by atoms with Gasteiger partial charge < -0.3 is 4.57 Å². The van der Waals surface area contributed by atoms with E-state index in [4.69, 9.17) is 5.41 Å². The maximum Gasteiger partial charge on any atom is 0.182 e. The van der Waals surface area contributed by atoms with Gasteiger partial charge in [0.05, 0.1) is 0 Å². The fourth-order valence-electron chi connectivity index (χ4n) is 1.97. The molecular weight excluding hydrogens is 204 g/mol. The van der Waals surface area contributed by atoms with Crippen LogP contribution in [0.25, 0.3) is 0 Å². The lowest BCUT2D eigenvalue weighted by molar-refractivity contribution is 0.562. The van der Waals surface area contributed by atoms with Crippen LogP contribution in [-0.2, 0) is 12.0 Å². The predicted molar refractivity (Wildman–Crippen MR) is 64.3 cm³/mol. The van der Waals surface area contributed by atoms with Gasteiger partial charge in [-0.1, -0.05) is 20.8 Å². The SMILES string of the molecule is Cc1c(C(C)(C)C)sc(=N)n1CC1CC1. The molecule has 1 aliphatic carbocycles. The second kappa shape index (κ2) is 3.48. The standard InChI is InChI=1S/C12H20N2S/c1-8-10(12(2,3)4)15-11(13)14(8)7-9-5-6-9/h9,13H,5-7H2,1-4H3. The van der Waals surface area contributed by atoms with Crippen LogP contribution in [0.15, 0.2) is 0 Å². The van der Waals surface area contributed by atoms with Crippen molar-refractivity contribution < 1.29 is 0 Å². The van der Waals surface area contributed by atoms with E-state index in [1.165, 1.54) is 23.4 Å². The van der Waals surface area contributed by atoms with E-state index >= 15 is 0 Å². The van der Waals surface area contributed by atoms with Crippen molar-refractivity contribution in [3.8, 4) is 0 Å². The molecule has 2 rings (SSSR count). The van der Waals surface area contributed by atoms with Crippen LogP contribution < -0.4 is 4.80 Å². The first-order valence-electron chi connectivity index (χ1n) is 5.65. The van der Waals surface area contributed by atoms with Crippen molar-refractivity contribution in [3.63, 3.8) is 0 Å². The number of nitrogens with zero attached hydrogens (tertiary/aromatic N) is 1. The summed E-state index contributed by atoms with van der Waals surface area (Å²) in [5.74, 6) is 0.847. The van der Waals surface area contributed by atoms with E-state index in [-0.39, 0.29) is 5.41 Å². The molecule has 0 bridgehead atoms. The van der Waals surface area contributed by atoms with Gasteiger partial charge in [-0.3, -0.25) is 5.41 Å². The van der Waals surface area contributed by atoms with E-state index in [1.807, 2.05) is 0 Å². The highest BCUT2D eigenvalue weighted by Gasteiger charge is 2.26. The molecule has 15 heavy (non-hydrogen) atoms. The molecule has 1 aliphatic rings. The number of rotatable bonds is 2. The summed E-state index contributed by atoms with van der Waals surface area (Å²) in [6, 6.07) is 0. The summed E-state index contributed by atoms with van der Waals surface area (Å²) in [4.78, 5) is 2.09. The Morgan fingerprint density at radius 3 is 2.40 bits per heavy atom. The third kappa shape index (κ3) is 2.17. The second-order valence-corrected chi connectivity index (χ2v) is 6.62. The summed E-state index contributed by atoms with van der Waals surface area (Å²) in [5.41, 5.74) is 1.49. The normalized spacial score (nSPS) is 17.1. The molecule has 3 heteroatoms. The van der Waals surface area contributed by atoms with Gasteiger partial charge in [0.2, 0.25) is 0 Å². The third-order valence-corrected chi connectivity index (χ3v) is 4.52. The molecule has 0 saturated heterocycles. The van der Waals surface area contributed by atoms with E-state index in [0.717, 1.165) is 17.3 Å². The van der Waals surface area contributed by atoms with Crippen molar-refractivity contribution >= 4 is 11.3 Å². The van der Waals surface area contributed by atoms with E-state index in [0.29, 0.717) is 0 Å². The Morgan fingerprint density at radius 2 is 2.00 bits per heavy atom. The van der Waals surface area contributed by atoms with E-state index in [2.05, 4.69) is 32.3 Å². The number of hydrogen-bond donors (Lipinski definition) is 1. The molecule has 1 heterocycles. The van der Waals surface area contributed by atoms with E-state index < -0.39 is 0 Å². The Balaban J connectivity index is 2.38. The third-order valence-electron chi connectivity index (χ3n) is 3.00. The van der Waals surface area contributed by atoms with Gasteiger partial charge in [-0.05, 0) is 31.1 Å². The summed E-state index contributed by atoms with van der Waals surface area (Å²) < 4.78 is 2.20. The molecule has 2 nitrogen and oxygen atoms in total. The Labute approximate surface area is 95.5 Å². The highest BCUT2D eigenvalue weighted by Crippen LogP contribution is 2.33. The lowest BCUT2D eigenvalue weighted by Gasteiger charge is -2.17. The van der Waals surface area contributed by atoms with E-state index in [1.54, 1.807) is 11.3 Å². The van der Waals surface area contributed by atoms with Crippen LogP contribution in [-0.4, -0.2) is 4.57 Å². The average molecular weight is 224 g/mol. The minimum absolute atomic E-state index is 0.180. The monoisotopic (exact) mass is 224 g/mol. The molecule has 1 N–H and O–H groups in total. The number of aromatic nitrogens is 1. The summed E-state index contributed by atoms with van der Waals surface area (Å²) >= 11 is 1.65. The van der Waals surface area contributed by atoms with Crippen LogP contribution in [0.2, 0.25) is 0 Å². The summed E-state index contributed by atoms with van der Waals surface area (Å²) in [5, 5.41) is 8.02. The molecule has 0 atom stereocenters. The minimum atomic E-state index is 0.180. The van der Waals surface area contributed by atoms with Crippen molar-refractivity contribution in [2.45, 2.75) is 52.5 Å². The second-order valence-electron chi connectivity index (χ2n) is 5.63. The molecule has 0 spiro atoms. The summed E-state index contributed by atoms with van der Waals surface area (Å²) in [7, 11) is 0. The van der Waals surface area contributed by atoms with E-state index in [9.17, 15) is 0 Å². The fourth-order valence-corrected chi connectivity index (χ4v) is 3.05. The Hall–Kier alpha value is -0.570. The molecule has 1 fully saturated rings. The predicted octanol–water partition coefficient (Wildman–Crippen LogP) is 3.04. The molecule has 1 saturated carbocycles. The summed E-state index contributed by atoms with van der Waals surface area (Å²) in [6.07, 6.45) is 2.71. The van der Waals surface area contributed by atoms with Crippen LogP contribution in [0, 0.1) is 18.3 Å². The van der Waals surface area contributed by atoms with Crippen molar-refractivity contribution in [2.75, 3.05) is 0 Å². The van der Waals surface area contributed by atoms with Gasteiger partial charge in [0.15, 0.2) is 4.80 Å². The molecule has 0 amide bonds. The van der Waals surface area contributed by atoms with Crippen molar-refractivity contribution in [1.82, 2.24) is 4.57 Å². The molecule has 84 valence electrons. The Bertz CT molecular complexity index is 416. The van der Waals surface area contributed by atoms with Crippen LogP contribution in [0.5, 0.6) is 0 Å². The molecule has 1 aromatic rings. The zero-order chi connectivity index (χ0) is 11.2. The van der Waals surface area contributed by atoms with Crippen LogP contribution >= 0.6 is 11.3 Å². The van der Waals surface area contributed by atoms with Crippen LogP contribution in [0.1, 0.15) is 44.2 Å². The molecule has 0 radical (unpaired) electrons. The lowest BCUT2D eigenvalue weighted by Crippen LogP contribution is -2.17. The zero-order valence-electron chi connectivity index (χ0n) is 10.1. The molecule has 0 unspecified atom stereocenters. The number of thiazole rings is 1. The van der Waals surface area contributed by atoms with Gasteiger partial charge >= 0.3 is 0 Å². The topological polar surface area (TPSA) is 28.8 Å². The Morgan fingerprint density at radius 1 is 1.40 bits per heavy atom. The zero-order valence-corrected chi connectivity index (χ0v) is 10.9. The minimum Gasteiger partial charge on any atom is -0.321 e. The van der Waals surface area contributed by atoms with Crippen LogP contribution in [0.3, 0.4) is 0 Å². The maximum absolute atomic E-state index is 8.02. The average Bonchev–Trinajstić information content (AvgIpc) is 2.85. The van der Waals surface area contributed by atoms with Gasteiger partial charge in [0, 0.05) is 17.1 Å². The Kier molecular flexibility index (Phi) is 2.53. The first-order chi connectivity index (χ1) is 6.89. The molecule has 0 aromatic carbocycles. The quantitative estimate of drug-likeness (QED) is 0.800. The molecule has 0 aliphatic heterocycles. The highest BCUT2D eigenvalue weighted by molar-refractivity contribution is 7.09. The fraction of sp³-hybridized carbons (Fsp3) is 0.750. The first kappa shape index (κ1) is 10.9. The van der Waals surface area contributed by atoms with Gasteiger partial charge in [0.25, 0.3) is 0 Å². The van der Waals surface area contributed by atoms with Gasteiger partial charge in [-0.15, -0.1) is 11.3 Å². The first-order valence-corrected chi connectivity index (χ1v) is 6.46. The smallest absolute Gasteiger partial charge is 0.182 e. The van der Waals surface area contributed by atoms with Crippen molar-refractivity contribution in [3.05, 3.63) is 15.4 Å². The van der Waals surface area contributed by atoms with Gasteiger partial charge in [0.1, 0.15) is 0 Å². The molecular formula is C12H20N2S.